The SMILES string of the molecule is C[C@@H](C1CC1)N(Cc1ccccc1)C(=O)CN1COC2(C(=O)Cc3cc(CN4CCNCC4)ccc32)C1=O. The maximum atomic E-state index is 13.7. The van der Waals surface area contributed by atoms with E-state index in [0.29, 0.717) is 18.0 Å². The van der Waals surface area contributed by atoms with Gasteiger partial charge in [0.1, 0.15) is 13.3 Å². The van der Waals surface area contributed by atoms with Crippen LogP contribution in [-0.4, -0.2) is 77.8 Å². The van der Waals surface area contributed by atoms with Crippen LogP contribution in [0.1, 0.15) is 42.0 Å². The smallest absolute Gasteiger partial charge is 0.269 e. The molecule has 3 fully saturated rings. The lowest BCUT2D eigenvalue weighted by atomic mass is 9.93. The van der Waals surface area contributed by atoms with Crippen LogP contribution < -0.4 is 5.32 Å². The first-order valence-electron chi connectivity index (χ1n) is 13.8. The fourth-order valence-electron chi connectivity index (χ4n) is 6.16. The van der Waals surface area contributed by atoms with E-state index in [-0.39, 0.29) is 37.4 Å². The fraction of sp³-hybridized carbons (Fsp3) is 0.500. The van der Waals surface area contributed by atoms with Crippen LogP contribution >= 0.6 is 0 Å². The molecule has 1 N–H and O–H groups in total. The number of benzene rings is 2. The minimum Gasteiger partial charge on any atom is -0.334 e. The number of carbonyl (C=O) groups is 3. The van der Waals surface area contributed by atoms with Crippen molar-refractivity contribution < 1.29 is 19.1 Å². The Bertz CT molecular complexity index is 1220. The molecule has 2 saturated heterocycles. The normalized spacial score (nSPS) is 24.2. The van der Waals surface area contributed by atoms with Crippen LogP contribution in [0.5, 0.6) is 0 Å². The summed E-state index contributed by atoms with van der Waals surface area (Å²) in [6.45, 7) is 7.21. The quantitative estimate of drug-likeness (QED) is 0.541. The van der Waals surface area contributed by atoms with Gasteiger partial charge in [-0.15, -0.1) is 0 Å². The zero-order chi connectivity index (χ0) is 26.3. The van der Waals surface area contributed by atoms with Gasteiger partial charge in [-0.3, -0.25) is 19.3 Å². The molecule has 8 nitrogen and oxygen atoms in total. The third-order valence-corrected chi connectivity index (χ3v) is 8.57. The lowest BCUT2D eigenvalue weighted by molar-refractivity contribution is -0.149. The Balaban J connectivity index is 1.18. The molecule has 200 valence electrons. The molecule has 2 aromatic carbocycles. The van der Waals surface area contributed by atoms with Crippen LogP contribution in [0.4, 0.5) is 0 Å². The molecule has 2 aliphatic carbocycles. The number of ether oxygens (including phenoxy) is 1. The standard InChI is InChI=1S/C30H36N4O4/c1-21(24-8-9-24)34(18-22-5-3-2-4-6-22)28(36)19-33-20-38-30(29(33)37)26-10-7-23(15-25(26)16-27(30)35)17-32-13-11-31-12-14-32/h2-7,10,15,21,24,31H,8-9,11-14,16-20H2,1H3/t21-,30?/m0/s1. The summed E-state index contributed by atoms with van der Waals surface area (Å²) in [6.07, 6.45) is 2.42. The second-order valence-electron chi connectivity index (χ2n) is 11.2. The van der Waals surface area contributed by atoms with Crippen LogP contribution in [-0.2, 0) is 44.2 Å². The van der Waals surface area contributed by atoms with E-state index in [2.05, 4.69) is 17.1 Å². The highest BCUT2D eigenvalue weighted by molar-refractivity contribution is 6.15. The number of rotatable bonds is 8. The van der Waals surface area contributed by atoms with Gasteiger partial charge in [0.25, 0.3) is 5.91 Å². The van der Waals surface area contributed by atoms with E-state index in [1.165, 1.54) is 4.90 Å². The predicted octanol–water partition coefficient (Wildman–Crippen LogP) is 2.06. The molecule has 2 aromatic rings. The lowest BCUT2D eigenvalue weighted by Crippen LogP contribution is -2.48. The number of Topliss-reactive ketones (excluding diaryl/α,β-unsaturated/α-hetero) is 1. The number of piperazine rings is 1. The van der Waals surface area contributed by atoms with Gasteiger partial charge in [-0.25, -0.2) is 0 Å². The number of amides is 2. The molecular weight excluding hydrogens is 480 g/mol. The maximum Gasteiger partial charge on any atom is 0.269 e. The molecular formula is C30H36N4O4. The van der Waals surface area contributed by atoms with Crippen LogP contribution in [0.25, 0.3) is 0 Å². The molecule has 38 heavy (non-hydrogen) atoms. The highest BCUT2D eigenvalue weighted by Crippen LogP contribution is 2.43. The molecule has 0 radical (unpaired) electrons. The molecule has 1 spiro atoms. The average molecular weight is 517 g/mol. The van der Waals surface area contributed by atoms with E-state index in [4.69, 9.17) is 4.74 Å². The molecule has 1 unspecified atom stereocenters. The largest absolute Gasteiger partial charge is 0.334 e. The van der Waals surface area contributed by atoms with Crippen molar-refractivity contribution in [2.45, 2.75) is 50.9 Å². The van der Waals surface area contributed by atoms with Crippen molar-refractivity contribution in [2.75, 3.05) is 39.5 Å². The van der Waals surface area contributed by atoms with Crippen LogP contribution in [0.3, 0.4) is 0 Å². The lowest BCUT2D eigenvalue weighted by Gasteiger charge is -2.31. The molecule has 8 heteroatoms. The van der Waals surface area contributed by atoms with E-state index in [9.17, 15) is 14.4 Å². The van der Waals surface area contributed by atoms with Gasteiger partial charge >= 0.3 is 0 Å². The fourth-order valence-corrected chi connectivity index (χ4v) is 6.16. The Morgan fingerprint density at radius 3 is 2.61 bits per heavy atom. The molecule has 2 amide bonds. The van der Waals surface area contributed by atoms with Crippen molar-refractivity contribution in [3.8, 4) is 0 Å². The molecule has 0 aromatic heterocycles. The van der Waals surface area contributed by atoms with Crippen LogP contribution in [0.15, 0.2) is 48.5 Å². The van der Waals surface area contributed by atoms with Crippen molar-refractivity contribution in [3.63, 3.8) is 0 Å². The monoisotopic (exact) mass is 516 g/mol. The molecule has 0 bridgehead atoms. The van der Waals surface area contributed by atoms with E-state index in [1.807, 2.05) is 53.4 Å². The van der Waals surface area contributed by atoms with Crippen molar-refractivity contribution in [1.29, 1.82) is 0 Å². The highest BCUT2D eigenvalue weighted by Gasteiger charge is 2.59. The van der Waals surface area contributed by atoms with Gasteiger partial charge in [0, 0.05) is 57.3 Å². The summed E-state index contributed by atoms with van der Waals surface area (Å²) in [5, 5.41) is 3.36. The highest BCUT2D eigenvalue weighted by atomic mass is 16.5. The third kappa shape index (κ3) is 4.65. The minimum atomic E-state index is -1.62. The van der Waals surface area contributed by atoms with E-state index in [0.717, 1.165) is 62.3 Å². The maximum absolute atomic E-state index is 13.7. The Kier molecular flexibility index (Phi) is 6.80. The van der Waals surface area contributed by atoms with E-state index < -0.39 is 11.5 Å². The summed E-state index contributed by atoms with van der Waals surface area (Å²) in [7, 11) is 0. The second kappa shape index (κ2) is 10.2. The number of hydrogen-bond donors (Lipinski definition) is 1. The summed E-state index contributed by atoms with van der Waals surface area (Å²) >= 11 is 0. The number of nitrogens with zero attached hydrogens (tertiary/aromatic N) is 3. The molecule has 2 heterocycles. The molecule has 2 aliphatic heterocycles. The van der Waals surface area contributed by atoms with Gasteiger partial charge in [-0.05, 0) is 42.4 Å². The molecule has 4 aliphatic rings. The Morgan fingerprint density at radius 1 is 1.11 bits per heavy atom. The van der Waals surface area contributed by atoms with Gasteiger partial charge < -0.3 is 19.9 Å². The first kappa shape index (κ1) is 25.2. The zero-order valence-corrected chi connectivity index (χ0v) is 22.0. The number of hydrogen-bond acceptors (Lipinski definition) is 6. The van der Waals surface area contributed by atoms with Gasteiger partial charge in [-0.1, -0.05) is 48.5 Å². The summed E-state index contributed by atoms with van der Waals surface area (Å²) in [5.41, 5.74) is 2.08. The topological polar surface area (TPSA) is 82.2 Å². The second-order valence-corrected chi connectivity index (χ2v) is 11.2. The number of carbonyl (C=O) groups excluding carboxylic acids is 3. The Labute approximate surface area is 223 Å². The average Bonchev–Trinajstić information content (AvgIpc) is 3.68. The molecule has 2 atom stereocenters. The Morgan fingerprint density at radius 2 is 1.87 bits per heavy atom. The van der Waals surface area contributed by atoms with Crippen LogP contribution in [0.2, 0.25) is 0 Å². The predicted molar refractivity (Wildman–Crippen MR) is 142 cm³/mol. The van der Waals surface area contributed by atoms with Crippen molar-refractivity contribution in [1.82, 2.24) is 20.0 Å². The number of fused-ring (bicyclic) bond motifs is 2. The van der Waals surface area contributed by atoms with Crippen molar-refractivity contribution in [2.24, 2.45) is 5.92 Å². The van der Waals surface area contributed by atoms with Gasteiger partial charge in [-0.2, -0.15) is 0 Å². The number of nitrogens with one attached hydrogen (secondary N) is 1. The van der Waals surface area contributed by atoms with Crippen molar-refractivity contribution in [3.05, 3.63) is 70.8 Å². The van der Waals surface area contributed by atoms with E-state index >= 15 is 0 Å². The van der Waals surface area contributed by atoms with Gasteiger partial charge in [0.15, 0.2) is 5.78 Å². The minimum absolute atomic E-state index is 0.0602. The zero-order valence-electron chi connectivity index (χ0n) is 22.0. The first-order chi connectivity index (χ1) is 18.5. The molecule has 1 saturated carbocycles. The third-order valence-electron chi connectivity index (χ3n) is 8.57. The summed E-state index contributed by atoms with van der Waals surface area (Å²) in [6, 6.07) is 16.0. The van der Waals surface area contributed by atoms with Crippen LogP contribution in [0, 0.1) is 5.92 Å². The summed E-state index contributed by atoms with van der Waals surface area (Å²) in [5.74, 6) is -0.264. The van der Waals surface area contributed by atoms with Crippen molar-refractivity contribution >= 4 is 17.6 Å². The van der Waals surface area contributed by atoms with Gasteiger partial charge in [0.2, 0.25) is 11.5 Å². The number of ketones is 1. The first-order valence-corrected chi connectivity index (χ1v) is 13.8. The molecule has 6 rings (SSSR count). The Hall–Kier alpha value is -3.07. The van der Waals surface area contributed by atoms with E-state index in [1.54, 1.807) is 0 Å². The summed E-state index contributed by atoms with van der Waals surface area (Å²) < 4.78 is 6.01. The van der Waals surface area contributed by atoms with Gasteiger partial charge in [0.05, 0.1) is 0 Å². The summed E-state index contributed by atoms with van der Waals surface area (Å²) in [4.78, 5) is 46.3.